The summed E-state index contributed by atoms with van der Waals surface area (Å²) in [6.07, 6.45) is 1.59. The average Bonchev–Trinajstić information content (AvgIpc) is 2.67. The zero-order valence-electron chi connectivity index (χ0n) is 15.1. The minimum Gasteiger partial charge on any atom is -0.493 e. The highest BCUT2D eigenvalue weighted by atomic mass is 19.1. The van der Waals surface area contributed by atoms with Crippen LogP contribution in [0.4, 0.5) is 27.5 Å². The van der Waals surface area contributed by atoms with Gasteiger partial charge in [0.25, 0.3) is 0 Å². The third-order valence-corrected chi connectivity index (χ3v) is 3.67. The van der Waals surface area contributed by atoms with E-state index in [1.165, 1.54) is 19.2 Å². The van der Waals surface area contributed by atoms with Crippen molar-refractivity contribution in [1.82, 2.24) is 9.97 Å². The summed E-state index contributed by atoms with van der Waals surface area (Å²) < 4.78 is 29.3. The number of nitrogens with zero attached hydrogens (tertiary/aromatic N) is 2. The summed E-state index contributed by atoms with van der Waals surface area (Å²) in [5, 5.41) is 6.12. The molecule has 2 aromatic carbocycles. The Kier molecular flexibility index (Phi) is 5.55. The fourth-order valence-corrected chi connectivity index (χ4v) is 2.49. The zero-order valence-corrected chi connectivity index (χ0v) is 15.1. The molecular weight excluding hydrogens is 351 g/mol. The molecule has 0 unspecified atom stereocenters. The van der Waals surface area contributed by atoms with Gasteiger partial charge in [-0.25, -0.2) is 9.37 Å². The van der Waals surface area contributed by atoms with Crippen molar-refractivity contribution in [3.63, 3.8) is 0 Å². The molecule has 27 heavy (non-hydrogen) atoms. The molecule has 8 heteroatoms. The van der Waals surface area contributed by atoms with E-state index in [-0.39, 0.29) is 5.82 Å². The number of ether oxygens (including phenoxy) is 3. The van der Waals surface area contributed by atoms with Crippen LogP contribution in [0.1, 0.15) is 0 Å². The van der Waals surface area contributed by atoms with Crippen LogP contribution in [0.15, 0.2) is 48.7 Å². The summed E-state index contributed by atoms with van der Waals surface area (Å²) in [7, 11) is 4.63. The molecule has 140 valence electrons. The summed E-state index contributed by atoms with van der Waals surface area (Å²) in [4.78, 5) is 8.58. The quantitative estimate of drug-likeness (QED) is 0.647. The van der Waals surface area contributed by atoms with Crippen LogP contribution in [0.2, 0.25) is 0 Å². The van der Waals surface area contributed by atoms with Gasteiger partial charge in [-0.05, 0) is 24.3 Å². The maximum absolute atomic E-state index is 13.3. The van der Waals surface area contributed by atoms with Crippen LogP contribution in [-0.2, 0) is 0 Å². The van der Waals surface area contributed by atoms with Gasteiger partial charge in [0.2, 0.25) is 11.7 Å². The average molecular weight is 370 g/mol. The number of halogens is 1. The van der Waals surface area contributed by atoms with Crippen molar-refractivity contribution in [1.29, 1.82) is 0 Å². The van der Waals surface area contributed by atoms with Gasteiger partial charge in [-0.15, -0.1) is 0 Å². The third kappa shape index (κ3) is 4.35. The molecule has 3 aromatic rings. The molecule has 7 nitrogen and oxygen atoms in total. The predicted octanol–water partition coefficient (Wildman–Crippen LogP) is 4.13. The van der Waals surface area contributed by atoms with Crippen LogP contribution in [0, 0.1) is 5.82 Å². The Morgan fingerprint density at radius 3 is 2.22 bits per heavy atom. The molecule has 0 spiro atoms. The fraction of sp³-hybridized carbons (Fsp3) is 0.158. The maximum Gasteiger partial charge on any atom is 0.229 e. The molecule has 0 saturated carbocycles. The normalized spacial score (nSPS) is 10.2. The Balaban J connectivity index is 1.84. The van der Waals surface area contributed by atoms with Crippen molar-refractivity contribution >= 4 is 23.1 Å². The van der Waals surface area contributed by atoms with Crippen LogP contribution >= 0.6 is 0 Å². The van der Waals surface area contributed by atoms with Crippen molar-refractivity contribution in [2.45, 2.75) is 0 Å². The Labute approximate surface area is 156 Å². The van der Waals surface area contributed by atoms with Crippen molar-refractivity contribution in [3.8, 4) is 17.2 Å². The lowest BCUT2D eigenvalue weighted by Crippen LogP contribution is -2.02. The largest absolute Gasteiger partial charge is 0.493 e. The smallest absolute Gasteiger partial charge is 0.229 e. The first kappa shape index (κ1) is 18.2. The summed E-state index contributed by atoms with van der Waals surface area (Å²) in [6, 6.07) is 11.3. The minimum atomic E-state index is -0.329. The number of rotatable bonds is 7. The summed E-state index contributed by atoms with van der Waals surface area (Å²) in [5.74, 6) is 2.05. The van der Waals surface area contributed by atoms with E-state index in [1.54, 1.807) is 50.7 Å². The molecule has 0 atom stereocenters. The lowest BCUT2D eigenvalue weighted by molar-refractivity contribution is 0.324. The van der Waals surface area contributed by atoms with Crippen LogP contribution in [0.3, 0.4) is 0 Å². The van der Waals surface area contributed by atoms with Crippen molar-refractivity contribution in [2.24, 2.45) is 0 Å². The molecule has 1 heterocycles. The van der Waals surface area contributed by atoms with Gasteiger partial charge in [-0.2, -0.15) is 4.98 Å². The Morgan fingerprint density at radius 1 is 0.852 bits per heavy atom. The van der Waals surface area contributed by atoms with Crippen molar-refractivity contribution < 1.29 is 18.6 Å². The predicted molar refractivity (Wildman–Crippen MR) is 101 cm³/mol. The Bertz CT molecular complexity index is 911. The van der Waals surface area contributed by atoms with Gasteiger partial charge in [0.15, 0.2) is 11.5 Å². The van der Waals surface area contributed by atoms with Gasteiger partial charge < -0.3 is 24.8 Å². The van der Waals surface area contributed by atoms with E-state index in [9.17, 15) is 4.39 Å². The summed E-state index contributed by atoms with van der Waals surface area (Å²) in [6.45, 7) is 0. The second-order valence-corrected chi connectivity index (χ2v) is 5.44. The van der Waals surface area contributed by atoms with Gasteiger partial charge in [-0.3, -0.25) is 0 Å². The molecule has 0 fully saturated rings. The van der Waals surface area contributed by atoms with Crippen molar-refractivity contribution in [2.75, 3.05) is 32.0 Å². The van der Waals surface area contributed by atoms with Gasteiger partial charge in [0, 0.05) is 29.7 Å². The molecule has 0 aliphatic heterocycles. The number of nitrogens with one attached hydrogen (secondary N) is 2. The lowest BCUT2D eigenvalue weighted by atomic mass is 10.2. The number of methoxy groups -OCH3 is 3. The number of aromatic nitrogens is 2. The van der Waals surface area contributed by atoms with Gasteiger partial charge in [0.1, 0.15) is 11.6 Å². The van der Waals surface area contributed by atoms with E-state index in [0.717, 1.165) is 0 Å². The molecule has 0 radical (unpaired) electrons. The first-order valence-corrected chi connectivity index (χ1v) is 8.05. The van der Waals surface area contributed by atoms with Crippen LogP contribution in [0.5, 0.6) is 17.2 Å². The third-order valence-electron chi connectivity index (χ3n) is 3.67. The maximum atomic E-state index is 13.3. The van der Waals surface area contributed by atoms with E-state index in [4.69, 9.17) is 14.2 Å². The molecule has 0 aliphatic rings. The van der Waals surface area contributed by atoms with E-state index in [1.807, 2.05) is 0 Å². The second kappa shape index (κ2) is 8.22. The fourth-order valence-electron chi connectivity index (χ4n) is 2.49. The molecule has 0 amide bonds. The Morgan fingerprint density at radius 2 is 1.59 bits per heavy atom. The zero-order chi connectivity index (χ0) is 19.2. The van der Waals surface area contributed by atoms with Gasteiger partial charge in [0.05, 0.1) is 21.3 Å². The second-order valence-electron chi connectivity index (χ2n) is 5.44. The topological polar surface area (TPSA) is 77.5 Å². The molecule has 0 saturated heterocycles. The SMILES string of the molecule is COc1cc(Nc2nccc(Nc3cccc(F)c3)n2)cc(OC)c1OC. The van der Waals surface area contributed by atoms with Crippen LogP contribution < -0.4 is 24.8 Å². The van der Waals surface area contributed by atoms with Crippen LogP contribution in [-0.4, -0.2) is 31.3 Å². The number of anilines is 4. The first-order valence-electron chi connectivity index (χ1n) is 8.05. The standard InChI is InChI=1S/C19H19FN4O3/c1-25-15-10-14(11-16(26-2)18(15)27-3)23-19-21-8-7-17(24-19)22-13-6-4-5-12(20)9-13/h4-11H,1-3H3,(H2,21,22,23,24). The van der Waals surface area contributed by atoms with E-state index >= 15 is 0 Å². The molecule has 0 bridgehead atoms. The minimum absolute atomic E-state index is 0.329. The molecule has 0 aliphatic carbocycles. The molecule has 1 aromatic heterocycles. The highest BCUT2D eigenvalue weighted by Gasteiger charge is 2.14. The van der Waals surface area contributed by atoms with E-state index in [0.29, 0.717) is 40.4 Å². The summed E-state index contributed by atoms with van der Waals surface area (Å²) in [5.41, 5.74) is 1.25. The highest BCUT2D eigenvalue weighted by Crippen LogP contribution is 2.40. The molecular formula is C19H19FN4O3. The van der Waals surface area contributed by atoms with E-state index < -0.39 is 0 Å². The number of hydrogen-bond donors (Lipinski definition) is 2. The van der Waals surface area contributed by atoms with Gasteiger partial charge in [-0.1, -0.05) is 6.07 Å². The monoisotopic (exact) mass is 370 g/mol. The Hall–Kier alpha value is -3.55. The highest BCUT2D eigenvalue weighted by molar-refractivity contribution is 5.66. The number of hydrogen-bond acceptors (Lipinski definition) is 7. The lowest BCUT2D eigenvalue weighted by Gasteiger charge is -2.15. The van der Waals surface area contributed by atoms with Gasteiger partial charge >= 0.3 is 0 Å². The summed E-state index contributed by atoms with van der Waals surface area (Å²) >= 11 is 0. The number of benzene rings is 2. The van der Waals surface area contributed by atoms with E-state index in [2.05, 4.69) is 20.6 Å². The van der Waals surface area contributed by atoms with Crippen molar-refractivity contribution in [3.05, 3.63) is 54.5 Å². The molecule has 2 N–H and O–H groups in total. The van der Waals surface area contributed by atoms with Crippen LogP contribution in [0.25, 0.3) is 0 Å². The molecule has 3 rings (SSSR count). The first-order chi connectivity index (χ1) is 13.1.